The minimum absolute atomic E-state index is 0.0600. The minimum Gasteiger partial charge on any atom is -0.481 e. The summed E-state index contributed by atoms with van der Waals surface area (Å²) < 4.78 is 0. The lowest BCUT2D eigenvalue weighted by atomic mass is 9.93. The standard InChI is InChI=1S/C11H13ClO4/c12-10-4-2-1-3-8(10)9(11(15)16)5-7(14)6-13/h1-4,7,9,13-14H,5-6H2,(H,15,16). The van der Waals surface area contributed by atoms with Crippen molar-refractivity contribution in [2.24, 2.45) is 0 Å². The van der Waals surface area contributed by atoms with Gasteiger partial charge in [-0.2, -0.15) is 0 Å². The molecular weight excluding hydrogens is 232 g/mol. The molecule has 0 fully saturated rings. The van der Waals surface area contributed by atoms with Gasteiger partial charge in [0.1, 0.15) is 0 Å². The van der Waals surface area contributed by atoms with Gasteiger partial charge in [-0.3, -0.25) is 4.79 Å². The third-order valence-corrected chi connectivity index (χ3v) is 2.64. The molecule has 4 nitrogen and oxygen atoms in total. The zero-order valence-electron chi connectivity index (χ0n) is 8.51. The largest absolute Gasteiger partial charge is 0.481 e. The Balaban J connectivity index is 2.94. The molecule has 88 valence electrons. The molecule has 0 aliphatic heterocycles. The van der Waals surface area contributed by atoms with Gasteiger partial charge in [0.25, 0.3) is 0 Å². The molecule has 0 aromatic heterocycles. The average Bonchev–Trinajstić information content (AvgIpc) is 2.26. The summed E-state index contributed by atoms with van der Waals surface area (Å²) in [5, 5.41) is 27.4. The molecule has 0 spiro atoms. The molecule has 0 amide bonds. The fourth-order valence-corrected chi connectivity index (χ4v) is 1.73. The van der Waals surface area contributed by atoms with E-state index >= 15 is 0 Å². The molecule has 0 saturated heterocycles. The van der Waals surface area contributed by atoms with Crippen LogP contribution in [0.15, 0.2) is 24.3 Å². The summed E-state index contributed by atoms with van der Waals surface area (Å²) in [6, 6.07) is 6.58. The summed E-state index contributed by atoms with van der Waals surface area (Å²) in [6.07, 6.45) is -1.12. The zero-order valence-corrected chi connectivity index (χ0v) is 9.26. The van der Waals surface area contributed by atoms with E-state index in [4.69, 9.17) is 21.8 Å². The molecule has 1 aromatic carbocycles. The molecule has 0 heterocycles. The van der Waals surface area contributed by atoms with Crippen LogP contribution in [0.2, 0.25) is 5.02 Å². The smallest absolute Gasteiger partial charge is 0.311 e. The highest BCUT2D eigenvalue weighted by Gasteiger charge is 2.24. The van der Waals surface area contributed by atoms with Crippen LogP contribution < -0.4 is 0 Å². The molecule has 5 heteroatoms. The third-order valence-electron chi connectivity index (χ3n) is 2.30. The number of aliphatic carboxylic acids is 1. The van der Waals surface area contributed by atoms with Crippen LogP contribution in [-0.2, 0) is 4.79 Å². The van der Waals surface area contributed by atoms with E-state index in [0.717, 1.165) is 0 Å². The lowest BCUT2D eigenvalue weighted by Crippen LogP contribution is -2.21. The van der Waals surface area contributed by atoms with Crippen LogP contribution in [0.1, 0.15) is 17.9 Å². The number of aliphatic hydroxyl groups is 2. The first-order chi connectivity index (χ1) is 7.56. The van der Waals surface area contributed by atoms with E-state index in [1.807, 2.05) is 0 Å². The van der Waals surface area contributed by atoms with E-state index in [9.17, 15) is 9.90 Å². The molecule has 1 aromatic rings. The Kier molecular flexibility index (Phi) is 4.73. The first kappa shape index (κ1) is 13.0. The van der Waals surface area contributed by atoms with Crippen molar-refractivity contribution >= 4 is 17.6 Å². The summed E-state index contributed by atoms with van der Waals surface area (Å²) in [6.45, 7) is -0.464. The van der Waals surface area contributed by atoms with Crippen molar-refractivity contribution in [1.82, 2.24) is 0 Å². The van der Waals surface area contributed by atoms with Gasteiger partial charge in [-0.25, -0.2) is 0 Å². The first-order valence-electron chi connectivity index (χ1n) is 4.82. The van der Waals surface area contributed by atoms with Gasteiger partial charge in [0.05, 0.1) is 18.6 Å². The number of halogens is 1. The van der Waals surface area contributed by atoms with Crippen molar-refractivity contribution < 1.29 is 20.1 Å². The highest BCUT2D eigenvalue weighted by Crippen LogP contribution is 2.28. The van der Waals surface area contributed by atoms with Crippen molar-refractivity contribution in [1.29, 1.82) is 0 Å². The quantitative estimate of drug-likeness (QED) is 0.729. The van der Waals surface area contributed by atoms with Gasteiger partial charge >= 0.3 is 5.97 Å². The van der Waals surface area contributed by atoms with Crippen molar-refractivity contribution in [2.45, 2.75) is 18.4 Å². The SMILES string of the molecule is O=C(O)C(CC(O)CO)c1ccccc1Cl. The highest BCUT2D eigenvalue weighted by atomic mass is 35.5. The Hall–Kier alpha value is -1.10. The van der Waals surface area contributed by atoms with Crippen LogP contribution in [0.5, 0.6) is 0 Å². The van der Waals surface area contributed by atoms with Crippen molar-refractivity contribution in [2.75, 3.05) is 6.61 Å². The Bertz CT molecular complexity index is 367. The van der Waals surface area contributed by atoms with Crippen molar-refractivity contribution in [3.63, 3.8) is 0 Å². The van der Waals surface area contributed by atoms with Gasteiger partial charge in [0.15, 0.2) is 0 Å². The van der Waals surface area contributed by atoms with Crippen LogP contribution in [0, 0.1) is 0 Å². The summed E-state index contributed by atoms with van der Waals surface area (Å²) in [5.74, 6) is -1.98. The molecular formula is C11H13ClO4. The second-order valence-corrected chi connectivity index (χ2v) is 3.89. The number of rotatable bonds is 5. The van der Waals surface area contributed by atoms with Gasteiger partial charge in [-0.15, -0.1) is 0 Å². The van der Waals surface area contributed by atoms with Crippen LogP contribution in [-0.4, -0.2) is 34.0 Å². The number of hydrogen-bond donors (Lipinski definition) is 3. The molecule has 0 radical (unpaired) electrons. The van der Waals surface area contributed by atoms with E-state index in [1.54, 1.807) is 24.3 Å². The number of aliphatic hydroxyl groups excluding tert-OH is 2. The average molecular weight is 245 g/mol. The van der Waals surface area contributed by atoms with Gasteiger partial charge in [-0.05, 0) is 18.1 Å². The molecule has 0 aliphatic carbocycles. The molecule has 2 atom stereocenters. The van der Waals surface area contributed by atoms with Gasteiger partial charge < -0.3 is 15.3 Å². The lowest BCUT2D eigenvalue weighted by molar-refractivity contribution is -0.139. The topological polar surface area (TPSA) is 77.8 Å². The number of hydrogen-bond acceptors (Lipinski definition) is 3. The molecule has 0 saturated carbocycles. The molecule has 0 bridgehead atoms. The van der Waals surface area contributed by atoms with Crippen LogP contribution in [0.3, 0.4) is 0 Å². The van der Waals surface area contributed by atoms with Crippen LogP contribution >= 0.6 is 11.6 Å². The van der Waals surface area contributed by atoms with E-state index in [1.165, 1.54) is 0 Å². The van der Waals surface area contributed by atoms with E-state index in [2.05, 4.69) is 0 Å². The Labute approximate surface area is 98.1 Å². The molecule has 3 N–H and O–H groups in total. The normalized spacial score (nSPS) is 14.4. The van der Waals surface area contributed by atoms with Gasteiger partial charge in [0.2, 0.25) is 0 Å². The predicted molar refractivity (Wildman–Crippen MR) is 59.5 cm³/mol. The van der Waals surface area contributed by atoms with Crippen molar-refractivity contribution in [3.05, 3.63) is 34.9 Å². The summed E-state index contributed by atoms with van der Waals surface area (Å²) in [4.78, 5) is 11.1. The number of carbonyl (C=O) groups is 1. The fourth-order valence-electron chi connectivity index (χ4n) is 1.47. The van der Waals surface area contributed by atoms with Crippen LogP contribution in [0.4, 0.5) is 0 Å². The second-order valence-electron chi connectivity index (χ2n) is 3.48. The van der Waals surface area contributed by atoms with E-state index < -0.39 is 24.6 Å². The molecule has 16 heavy (non-hydrogen) atoms. The van der Waals surface area contributed by atoms with Crippen LogP contribution in [0.25, 0.3) is 0 Å². The minimum atomic E-state index is -1.07. The van der Waals surface area contributed by atoms with E-state index in [0.29, 0.717) is 10.6 Å². The maximum atomic E-state index is 11.1. The molecule has 2 unspecified atom stereocenters. The second kappa shape index (κ2) is 5.84. The third kappa shape index (κ3) is 3.20. The van der Waals surface area contributed by atoms with Crippen molar-refractivity contribution in [3.8, 4) is 0 Å². The van der Waals surface area contributed by atoms with E-state index in [-0.39, 0.29) is 6.42 Å². The lowest BCUT2D eigenvalue weighted by Gasteiger charge is -2.16. The number of carboxylic acid groups (broad SMARTS) is 1. The first-order valence-corrected chi connectivity index (χ1v) is 5.20. The zero-order chi connectivity index (χ0) is 12.1. The Morgan fingerprint density at radius 3 is 2.50 bits per heavy atom. The maximum absolute atomic E-state index is 11.1. The summed E-state index contributed by atoms with van der Waals surface area (Å²) in [5.41, 5.74) is 0.448. The summed E-state index contributed by atoms with van der Waals surface area (Å²) in [7, 11) is 0. The highest BCUT2D eigenvalue weighted by molar-refractivity contribution is 6.31. The fraction of sp³-hybridized carbons (Fsp3) is 0.364. The van der Waals surface area contributed by atoms with Gasteiger partial charge in [0, 0.05) is 5.02 Å². The molecule has 1 rings (SSSR count). The summed E-state index contributed by atoms with van der Waals surface area (Å²) >= 11 is 5.88. The van der Waals surface area contributed by atoms with Gasteiger partial charge in [-0.1, -0.05) is 29.8 Å². The Morgan fingerprint density at radius 2 is 2.00 bits per heavy atom. The predicted octanol–water partition coefficient (Wildman–Crippen LogP) is 1.25. The number of benzene rings is 1. The monoisotopic (exact) mass is 244 g/mol. The molecule has 0 aliphatic rings. The number of carboxylic acids is 1. The Morgan fingerprint density at radius 1 is 1.38 bits per heavy atom. The maximum Gasteiger partial charge on any atom is 0.311 e.